The summed E-state index contributed by atoms with van der Waals surface area (Å²) in [4.78, 5) is 15.7. The van der Waals surface area contributed by atoms with Gasteiger partial charge in [0.15, 0.2) is 0 Å². The zero-order valence-corrected chi connectivity index (χ0v) is 15.1. The van der Waals surface area contributed by atoms with Gasteiger partial charge in [0.05, 0.1) is 12.1 Å². The molecule has 0 aliphatic carbocycles. The van der Waals surface area contributed by atoms with E-state index in [9.17, 15) is 4.79 Å². The highest BCUT2D eigenvalue weighted by molar-refractivity contribution is 5.94. The molecule has 2 aliphatic heterocycles. The van der Waals surface area contributed by atoms with Crippen LogP contribution in [0.5, 0.6) is 5.75 Å². The van der Waals surface area contributed by atoms with E-state index in [0.29, 0.717) is 12.4 Å². The van der Waals surface area contributed by atoms with Crippen molar-refractivity contribution in [3.05, 3.63) is 29.8 Å². The molecule has 5 nitrogen and oxygen atoms in total. The fourth-order valence-electron chi connectivity index (χ4n) is 3.10. The predicted octanol–water partition coefficient (Wildman–Crippen LogP) is 2.76. The van der Waals surface area contributed by atoms with Gasteiger partial charge >= 0.3 is 0 Å². The number of nitrogens with zero attached hydrogens (tertiary/aromatic N) is 2. The van der Waals surface area contributed by atoms with Gasteiger partial charge in [0, 0.05) is 44.0 Å². The van der Waals surface area contributed by atoms with Crippen molar-refractivity contribution in [3.8, 4) is 5.75 Å². The standard InChI is InChI=1S/C21H33N3O2/c1-17-15-24(16-18(2)22-17)21(25)19-7-9-20(10-8-19)26-14-6-13-23-11-4-3-5-12-23/h7-10,17-18,22H,3-6,11-16H2,1-2H3/t17-,18+/i1D3,15D2,16D2,17D,18D/hD/m0/s1. The minimum absolute atomic E-state index is 0.0219. The Morgan fingerprint density at radius 3 is 2.77 bits per heavy atom. The Hall–Kier alpha value is -1.59. The molecule has 0 spiro atoms. The summed E-state index contributed by atoms with van der Waals surface area (Å²) in [6.45, 7) is -5.74. The fourth-order valence-corrected chi connectivity index (χ4v) is 3.10. The second kappa shape index (κ2) is 9.38. The van der Waals surface area contributed by atoms with Crippen LogP contribution < -0.4 is 10.0 Å². The van der Waals surface area contributed by atoms with Gasteiger partial charge in [-0.2, -0.15) is 0 Å². The van der Waals surface area contributed by atoms with Crippen LogP contribution >= 0.6 is 0 Å². The number of hydrogen-bond acceptors (Lipinski definition) is 4. The van der Waals surface area contributed by atoms with Crippen molar-refractivity contribution in [1.29, 1.82) is 0 Å². The third-order valence-electron chi connectivity index (χ3n) is 4.41. The summed E-state index contributed by atoms with van der Waals surface area (Å²) in [5.74, 6) is -0.788. The highest BCUT2D eigenvalue weighted by Crippen LogP contribution is 2.16. The number of nitrogens with one attached hydrogen (secondary N) is 1. The first-order chi connectivity index (χ1) is 16.5. The smallest absolute Gasteiger partial charge is 0.253 e. The quantitative estimate of drug-likeness (QED) is 0.783. The summed E-state index contributed by atoms with van der Waals surface area (Å²) >= 11 is 0. The first-order valence-electron chi connectivity index (χ1n) is 14.0. The first kappa shape index (κ1) is 10.1. The normalized spacial score (nSPS) is 40.9. The Bertz CT molecular complexity index is 935. The zero-order chi connectivity index (χ0) is 27.2. The average Bonchev–Trinajstić information content (AvgIpc) is 2.80. The molecular formula is C21H33N3O2. The molecule has 2 fully saturated rings. The number of amides is 1. The van der Waals surface area contributed by atoms with Gasteiger partial charge in [-0.25, -0.2) is 0 Å². The minimum Gasteiger partial charge on any atom is -0.494 e. The number of ether oxygens (including phenoxy) is 1. The van der Waals surface area contributed by atoms with E-state index in [1.165, 1.54) is 43.5 Å². The number of piperazine rings is 1. The molecular weight excluding hydrogens is 326 g/mol. The summed E-state index contributed by atoms with van der Waals surface area (Å²) in [7, 11) is 0. The lowest BCUT2D eigenvalue weighted by Crippen LogP contribution is -2.55. The molecule has 0 aromatic heterocycles. The lowest BCUT2D eigenvalue weighted by atomic mass is 10.1. The van der Waals surface area contributed by atoms with Gasteiger partial charge in [-0.1, -0.05) is 6.42 Å². The first-order valence-corrected chi connectivity index (χ1v) is 9.09. The van der Waals surface area contributed by atoms with Crippen molar-refractivity contribution >= 4 is 5.91 Å². The van der Waals surface area contributed by atoms with Crippen LogP contribution in [0, 0.1) is 0 Å². The van der Waals surface area contributed by atoms with Crippen LogP contribution in [-0.2, 0) is 0 Å². The molecule has 26 heavy (non-hydrogen) atoms. The number of carbonyl (C=O) groups is 1. The molecule has 2 heterocycles. The van der Waals surface area contributed by atoms with E-state index in [1.54, 1.807) is 0 Å². The maximum atomic E-state index is 13.4. The molecule has 1 aromatic rings. The van der Waals surface area contributed by atoms with Crippen LogP contribution in [-0.4, -0.2) is 67.0 Å². The molecule has 0 radical (unpaired) electrons. The molecule has 2 atom stereocenters. The molecule has 144 valence electrons. The maximum absolute atomic E-state index is 13.4. The number of rotatable bonds is 6. The molecule has 2 saturated heterocycles. The van der Waals surface area contributed by atoms with Crippen LogP contribution in [0.1, 0.15) is 62.2 Å². The minimum atomic E-state index is -3.50. The number of likely N-dealkylation sites (tertiary alicyclic amines) is 1. The predicted molar refractivity (Wildman–Crippen MR) is 105 cm³/mol. The summed E-state index contributed by atoms with van der Waals surface area (Å²) in [5, 5.41) is -0.211. The van der Waals surface area contributed by atoms with E-state index < -0.39 is 37.8 Å². The van der Waals surface area contributed by atoms with Crippen molar-refractivity contribution in [2.75, 3.05) is 39.2 Å². The second-order valence-corrected chi connectivity index (χ2v) is 6.54. The number of benzene rings is 1. The Labute approximate surface area is 171 Å². The Morgan fingerprint density at radius 1 is 1.31 bits per heavy atom. The van der Waals surface area contributed by atoms with Crippen LogP contribution in [0.25, 0.3) is 0 Å². The van der Waals surface area contributed by atoms with Crippen molar-refractivity contribution in [2.45, 2.75) is 51.5 Å². The molecule has 0 unspecified atom stereocenters. The van der Waals surface area contributed by atoms with E-state index in [2.05, 4.69) is 4.90 Å². The van der Waals surface area contributed by atoms with E-state index in [-0.39, 0.29) is 15.8 Å². The molecule has 3 rings (SSSR count). The van der Waals surface area contributed by atoms with E-state index in [0.717, 1.165) is 33.0 Å². The Kier molecular flexibility index (Phi) is 3.64. The monoisotopic (exact) mass is 369 g/mol. The van der Waals surface area contributed by atoms with Gasteiger partial charge in [0.1, 0.15) is 7.16 Å². The fraction of sp³-hybridized carbons (Fsp3) is 0.667. The lowest BCUT2D eigenvalue weighted by Gasteiger charge is -2.36. The lowest BCUT2D eigenvalue weighted by molar-refractivity contribution is 0.0674. The van der Waals surface area contributed by atoms with E-state index in [1.807, 2.05) is 0 Å². The molecule has 1 amide bonds. The largest absolute Gasteiger partial charge is 0.494 e. The third kappa shape index (κ3) is 5.45. The van der Waals surface area contributed by atoms with Gasteiger partial charge < -0.3 is 19.8 Å². The Morgan fingerprint density at radius 2 is 2.04 bits per heavy atom. The third-order valence-corrected chi connectivity index (χ3v) is 4.41. The van der Waals surface area contributed by atoms with Crippen LogP contribution in [0.4, 0.5) is 0 Å². The number of piperidine rings is 1. The molecule has 0 bridgehead atoms. The average molecular weight is 370 g/mol. The topological polar surface area (TPSA) is 44.8 Å². The van der Waals surface area contributed by atoms with Crippen molar-refractivity contribution in [1.82, 2.24) is 15.1 Å². The highest BCUT2D eigenvalue weighted by atomic mass is 16.5. The van der Waals surface area contributed by atoms with Crippen molar-refractivity contribution < 1.29 is 23.3 Å². The Balaban J connectivity index is 1.79. The zero-order valence-electron chi connectivity index (χ0n) is 25.1. The highest BCUT2D eigenvalue weighted by Gasteiger charge is 2.25. The molecule has 0 saturated carbocycles. The number of hydrogen-bond donors (Lipinski definition) is 1. The van der Waals surface area contributed by atoms with Gasteiger partial charge in [0.2, 0.25) is 0 Å². The van der Waals surface area contributed by atoms with E-state index in [4.69, 9.17) is 18.5 Å². The molecule has 5 heteroatoms. The van der Waals surface area contributed by atoms with Gasteiger partial charge in [-0.3, -0.25) is 4.79 Å². The molecule has 2 aliphatic rings. The SMILES string of the molecule is [2H]N1[C@@]([2H])(C([2H])([2H])[2H])C([2H])([2H])N(C(=O)c2ccc(OCCCN3CCCCC3)cc2)C([2H])([2H])[C@@]1([2H])C. The van der Waals surface area contributed by atoms with Crippen LogP contribution in [0.3, 0.4) is 0 Å². The second-order valence-electron chi connectivity index (χ2n) is 6.54. The van der Waals surface area contributed by atoms with Crippen molar-refractivity contribution in [2.24, 2.45) is 0 Å². The van der Waals surface area contributed by atoms with E-state index >= 15 is 0 Å². The number of carbonyl (C=O) groups excluding carboxylic acids is 1. The summed E-state index contributed by atoms with van der Waals surface area (Å²) in [6.07, 6.45) is 4.49. The summed E-state index contributed by atoms with van der Waals surface area (Å²) < 4.78 is 87.1. The van der Waals surface area contributed by atoms with Crippen LogP contribution in [0.2, 0.25) is 1.41 Å². The van der Waals surface area contributed by atoms with Crippen LogP contribution in [0.15, 0.2) is 24.3 Å². The molecule has 1 aromatic carbocycles. The maximum Gasteiger partial charge on any atom is 0.253 e. The van der Waals surface area contributed by atoms with Gasteiger partial charge in [-0.15, -0.1) is 0 Å². The van der Waals surface area contributed by atoms with Gasteiger partial charge in [-0.05, 0) is 70.4 Å². The summed E-state index contributed by atoms with van der Waals surface area (Å²) in [5.41, 5.74) is -0.175. The van der Waals surface area contributed by atoms with Gasteiger partial charge in [0.25, 0.3) is 5.91 Å². The summed E-state index contributed by atoms with van der Waals surface area (Å²) in [6, 6.07) is -0.681. The molecule has 1 N–H and O–H groups in total. The van der Waals surface area contributed by atoms with Crippen molar-refractivity contribution in [3.63, 3.8) is 0 Å².